The molecule has 0 radical (unpaired) electrons. The highest BCUT2D eigenvalue weighted by Gasteiger charge is 2.19. The summed E-state index contributed by atoms with van der Waals surface area (Å²) in [6, 6.07) is 2.94. The fraction of sp³-hybridized carbons (Fsp3) is 0.308. The second-order valence-electron chi connectivity index (χ2n) is 4.52. The number of benzene rings is 1. The highest BCUT2D eigenvalue weighted by molar-refractivity contribution is 7.89. The molecule has 0 aliphatic heterocycles. The Labute approximate surface area is 132 Å². The highest BCUT2D eigenvalue weighted by atomic mass is 35.5. The maximum atomic E-state index is 12.4. The molecule has 8 heteroatoms. The van der Waals surface area contributed by atoms with Crippen LogP contribution >= 0.6 is 22.9 Å². The molecule has 1 heterocycles. The Morgan fingerprint density at radius 1 is 1.38 bits per heavy atom. The van der Waals surface area contributed by atoms with Gasteiger partial charge in [0.05, 0.1) is 16.5 Å². The number of aliphatic hydroxyl groups is 1. The lowest BCUT2D eigenvalue weighted by atomic mass is 10.1. The Morgan fingerprint density at radius 2 is 2.10 bits per heavy atom. The van der Waals surface area contributed by atoms with E-state index in [0.29, 0.717) is 11.1 Å². The van der Waals surface area contributed by atoms with Crippen molar-refractivity contribution < 1.29 is 13.5 Å². The van der Waals surface area contributed by atoms with Crippen molar-refractivity contribution in [1.29, 1.82) is 0 Å². The maximum Gasteiger partial charge on any atom is 0.241 e. The lowest BCUT2D eigenvalue weighted by Gasteiger charge is -2.12. The van der Waals surface area contributed by atoms with Crippen molar-refractivity contribution in [2.45, 2.75) is 31.9 Å². The number of hydrogen-bond donors (Lipinski definition) is 2. The van der Waals surface area contributed by atoms with Gasteiger partial charge in [0.2, 0.25) is 10.0 Å². The molecule has 0 aliphatic carbocycles. The van der Waals surface area contributed by atoms with Crippen LogP contribution in [-0.2, 0) is 23.2 Å². The minimum Gasteiger partial charge on any atom is -0.392 e. The number of sulfonamides is 1. The molecule has 5 nitrogen and oxygen atoms in total. The molecule has 0 bridgehead atoms. The van der Waals surface area contributed by atoms with Crippen LogP contribution in [0.5, 0.6) is 0 Å². The van der Waals surface area contributed by atoms with Gasteiger partial charge in [0.15, 0.2) is 0 Å². The molecule has 2 aromatic rings. The van der Waals surface area contributed by atoms with Gasteiger partial charge in [-0.05, 0) is 37.1 Å². The van der Waals surface area contributed by atoms with Crippen LogP contribution in [0.2, 0.25) is 5.02 Å². The van der Waals surface area contributed by atoms with Gasteiger partial charge in [0.1, 0.15) is 0 Å². The molecule has 0 saturated heterocycles. The van der Waals surface area contributed by atoms with Crippen molar-refractivity contribution >= 4 is 33.0 Å². The molecule has 0 spiro atoms. The van der Waals surface area contributed by atoms with E-state index in [4.69, 9.17) is 11.6 Å². The first-order valence-electron chi connectivity index (χ1n) is 6.14. The standard InChI is InChI=1S/C13H15ClN2O3S2/c1-8-10(7-17)3-11(14)4-13(8)21(18,19)16-6-12-5-15-9(2)20-12/h3-5,16-17H,6-7H2,1-2H3. The van der Waals surface area contributed by atoms with E-state index in [0.717, 1.165) is 9.88 Å². The number of aliphatic hydroxyl groups excluding tert-OH is 1. The van der Waals surface area contributed by atoms with Gasteiger partial charge in [0.25, 0.3) is 0 Å². The molecule has 2 N–H and O–H groups in total. The van der Waals surface area contributed by atoms with Gasteiger partial charge in [-0.15, -0.1) is 11.3 Å². The average Bonchev–Trinajstić information content (AvgIpc) is 2.84. The van der Waals surface area contributed by atoms with Crippen molar-refractivity contribution in [3.63, 3.8) is 0 Å². The third kappa shape index (κ3) is 3.81. The Kier molecular flexibility index (Phi) is 5.00. The normalized spacial score (nSPS) is 11.8. The molecule has 2 rings (SSSR count). The van der Waals surface area contributed by atoms with Crippen LogP contribution in [0.4, 0.5) is 0 Å². The number of thiazole rings is 1. The fourth-order valence-corrected chi connectivity index (χ4v) is 4.33. The summed E-state index contributed by atoms with van der Waals surface area (Å²) in [5, 5.41) is 10.4. The van der Waals surface area contributed by atoms with Crippen LogP contribution in [-0.4, -0.2) is 18.5 Å². The first-order valence-corrected chi connectivity index (χ1v) is 8.82. The van der Waals surface area contributed by atoms with E-state index in [-0.39, 0.29) is 23.1 Å². The fourth-order valence-electron chi connectivity index (χ4n) is 1.88. The van der Waals surface area contributed by atoms with Gasteiger partial charge in [-0.3, -0.25) is 0 Å². The Morgan fingerprint density at radius 3 is 2.67 bits per heavy atom. The monoisotopic (exact) mass is 346 g/mol. The zero-order chi connectivity index (χ0) is 15.6. The third-order valence-corrected chi connectivity index (χ3v) is 5.66. The summed E-state index contributed by atoms with van der Waals surface area (Å²) >= 11 is 7.35. The van der Waals surface area contributed by atoms with Crippen molar-refractivity contribution in [3.8, 4) is 0 Å². The van der Waals surface area contributed by atoms with Crippen LogP contribution in [0.15, 0.2) is 23.2 Å². The molecule has 0 amide bonds. The second-order valence-corrected chi connectivity index (χ2v) is 8.01. The van der Waals surface area contributed by atoms with E-state index in [1.165, 1.54) is 17.4 Å². The van der Waals surface area contributed by atoms with Gasteiger partial charge >= 0.3 is 0 Å². The van der Waals surface area contributed by atoms with E-state index < -0.39 is 10.0 Å². The van der Waals surface area contributed by atoms with Gasteiger partial charge in [-0.2, -0.15) is 0 Å². The summed E-state index contributed by atoms with van der Waals surface area (Å²) in [5.74, 6) is 0. The van der Waals surface area contributed by atoms with E-state index >= 15 is 0 Å². The van der Waals surface area contributed by atoms with Crippen molar-refractivity contribution in [1.82, 2.24) is 9.71 Å². The van der Waals surface area contributed by atoms with Crippen LogP contribution in [0, 0.1) is 13.8 Å². The zero-order valence-corrected chi connectivity index (χ0v) is 13.9. The molecule has 114 valence electrons. The first kappa shape index (κ1) is 16.4. The highest BCUT2D eigenvalue weighted by Crippen LogP contribution is 2.25. The predicted molar refractivity (Wildman–Crippen MR) is 83.0 cm³/mol. The van der Waals surface area contributed by atoms with E-state index in [9.17, 15) is 13.5 Å². The van der Waals surface area contributed by atoms with Gasteiger partial charge in [0, 0.05) is 22.6 Å². The van der Waals surface area contributed by atoms with Gasteiger partial charge < -0.3 is 5.11 Å². The number of halogens is 1. The topological polar surface area (TPSA) is 79.3 Å². The second kappa shape index (κ2) is 6.41. The molecule has 0 atom stereocenters. The van der Waals surface area contributed by atoms with Crippen molar-refractivity contribution in [2.75, 3.05) is 0 Å². The molecular weight excluding hydrogens is 332 g/mol. The van der Waals surface area contributed by atoms with Crippen LogP contribution in [0.25, 0.3) is 0 Å². The Balaban J connectivity index is 2.29. The number of aryl methyl sites for hydroxylation is 1. The van der Waals surface area contributed by atoms with Gasteiger partial charge in [-0.1, -0.05) is 11.6 Å². The van der Waals surface area contributed by atoms with E-state index in [2.05, 4.69) is 9.71 Å². The molecule has 0 fully saturated rings. The van der Waals surface area contributed by atoms with Crippen molar-refractivity contribution in [3.05, 3.63) is 44.4 Å². The number of nitrogens with one attached hydrogen (secondary N) is 1. The minimum absolute atomic E-state index is 0.0836. The summed E-state index contributed by atoms with van der Waals surface area (Å²) in [6.07, 6.45) is 1.65. The van der Waals surface area contributed by atoms with Crippen molar-refractivity contribution in [2.24, 2.45) is 0 Å². The molecule has 0 aliphatic rings. The summed E-state index contributed by atoms with van der Waals surface area (Å²) in [7, 11) is -3.70. The van der Waals surface area contributed by atoms with Gasteiger partial charge in [-0.25, -0.2) is 18.1 Å². The zero-order valence-electron chi connectivity index (χ0n) is 11.6. The maximum absolute atomic E-state index is 12.4. The number of aromatic nitrogens is 1. The average molecular weight is 347 g/mol. The quantitative estimate of drug-likeness (QED) is 0.871. The van der Waals surface area contributed by atoms with E-state index in [1.807, 2.05) is 6.92 Å². The molecule has 1 aromatic heterocycles. The minimum atomic E-state index is -3.70. The third-order valence-electron chi connectivity index (χ3n) is 3.00. The van der Waals surface area contributed by atoms with Crippen LogP contribution < -0.4 is 4.72 Å². The largest absolute Gasteiger partial charge is 0.392 e. The van der Waals surface area contributed by atoms with Crippen LogP contribution in [0.1, 0.15) is 21.0 Å². The predicted octanol–water partition coefficient (Wildman–Crippen LogP) is 2.38. The first-order chi connectivity index (χ1) is 9.83. The number of nitrogens with zero attached hydrogens (tertiary/aromatic N) is 1. The lowest BCUT2D eigenvalue weighted by molar-refractivity contribution is 0.280. The number of hydrogen-bond acceptors (Lipinski definition) is 5. The summed E-state index contributed by atoms with van der Waals surface area (Å²) in [4.78, 5) is 4.99. The van der Waals surface area contributed by atoms with E-state index in [1.54, 1.807) is 19.2 Å². The summed E-state index contributed by atoms with van der Waals surface area (Å²) in [5.41, 5.74) is 0.992. The molecule has 0 unspecified atom stereocenters. The smallest absolute Gasteiger partial charge is 0.241 e. The molecule has 21 heavy (non-hydrogen) atoms. The summed E-state index contributed by atoms with van der Waals surface area (Å²) < 4.78 is 27.3. The molecule has 0 saturated carbocycles. The number of rotatable bonds is 5. The van der Waals surface area contributed by atoms with Crippen LogP contribution in [0.3, 0.4) is 0 Å². The Bertz CT molecular complexity index is 757. The molecule has 1 aromatic carbocycles. The Hall–Kier alpha value is -0.990. The molecular formula is C13H15ClN2O3S2. The SMILES string of the molecule is Cc1ncc(CNS(=O)(=O)c2cc(Cl)cc(CO)c2C)s1. The lowest BCUT2D eigenvalue weighted by Crippen LogP contribution is -2.24. The summed E-state index contributed by atoms with van der Waals surface area (Å²) in [6.45, 7) is 3.42.